The molecule has 0 aliphatic carbocycles. The van der Waals surface area contributed by atoms with Crippen molar-refractivity contribution in [2.24, 2.45) is 0 Å². The van der Waals surface area contributed by atoms with E-state index in [9.17, 15) is 19.3 Å². The van der Waals surface area contributed by atoms with Crippen LogP contribution >= 0.6 is 0 Å². The minimum atomic E-state index is -1.10. The Bertz CT molecular complexity index is 507. The molecule has 0 bridgehead atoms. The number of carboxylic acid groups (broad SMARTS) is 1. The lowest BCUT2D eigenvalue weighted by atomic mass is 10.2. The van der Waals surface area contributed by atoms with Crippen LogP contribution in [0.3, 0.4) is 0 Å². The Hall–Kier alpha value is -2.22. The van der Waals surface area contributed by atoms with E-state index in [-0.39, 0.29) is 17.9 Å². The number of hydrogen-bond donors (Lipinski definition) is 1. The lowest BCUT2D eigenvalue weighted by molar-refractivity contribution is -0.385. The summed E-state index contributed by atoms with van der Waals surface area (Å²) in [7, 11) is 3.62. The number of anilines is 1. The fourth-order valence-electron chi connectivity index (χ4n) is 1.63. The van der Waals surface area contributed by atoms with Gasteiger partial charge in [0.2, 0.25) is 0 Å². The summed E-state index contributed by atoms with van der Waals surface area (Å²) in [5.41, 5.74) is -0.325. The monoisotopic (exact) mass is 285 g/mol. The Kier molecular flexibility index (Phi) is 5.39. The number of carbonyl (C=O) groups is 1. The number of nitro groups is 1. The van der Waals surface area contributed by atoms with Gasteiger partial charge in [-0.2, -0.15) is 0 Å². The van der Waals surface area contributed by atoms with Crippen molar-refractivity contribution in [3.05, 3.63) is 34.1 Å². The van der Waals surface area contributed by atoms with Crippen molar-refractivity contribution in [2.75, 3.05) is 38.6 Å². The number of benzene rings is 1. The quantitative estimate of drug-likeness (QED) is 0.598. The summed E-state index contributed by atoms with van der Waals surface area (Å²) in [5, 5.41) is 19.4. The molecule has 20 heavy (non-hydrogen) atoms. The van der Waals surface area contributed by atoms with Crippen LogP contribution in [0.4, 0.5) is 15.8 Å². The van der Waals surface area contributed by atoms with Gasteiger partial charge >= 0.3 is 5.97 Å². The van der Waals surface area contributed by atoms with Gasteiger partial charge in [0.25, 0.3) is 5.69 Å². The minimum absolute atomic E-state index is 0.0415. The highest BCUT2D eigenvalue weighted by Gasteiger charge is 2.18. The van der Waals surface area contributed by atoms with E-state index in [1.165, 1.54) is 11.0 Å². The number of halogens is 1. The Labute approximate surface area is 115 Å². The lowest BCUT2D eigenvalue weighted by Crippen LogP contribution is -2.36. The number of nitro benzene ring substituents is 1. The molecule has 1 aromatic rings. The van der Waals surface area contributed by atoms with Crippen LogP contribution in [0.5, 0.6) is 0 Å². The molecule has 0 unspecified atom stereocenters. The first-order valence-electron chi connectivity index (χ1n) is 5.86. The molecule has 1 N–H and O–H groups in total. The summed E-state index contributed by atoms with van der Waals surface area (Å²) in [5.74, 6) is -1.90. The number of hydrogen-bond acceptors (Lipinski definition) is 5. The minimum Gasteiger partial charge on any atom is -0.480 e. The average Bonchev–Trinajstić information content (AvgIpc) is 2.33. The van der Waals surface area contributed by atoms with Crippen LogP contribution in [0, 0.1) is 15.9 Å². The van der Waals surface area contributed by atoms with E-state index in [2.05, 4.69) is 0 Å². The molecule has 0 atom stereocenters. The smallest absolute Gasteiger partial charge is 0.323 e. The lowest BCUT2D eigenvalue weighted by Gasteiger charge is -2.24. The number of carboxylic acids is 1. The zero-order chi connectivity index (χ0) is 15.3. The van der Waals surface area contributed by atoms with Crippen LogP contribution in [0.15, 0.2) is 18.2 Å². The van der Waals surface area contributed by atoms with Gasteiger partial charge in [-0.3, -0.25) is 14.9 Å². The molecule has 0 aliphatic rings. The van der Waals surface area contributed by atoms with E-state index >= 15 is 0 Å². The molecule has 1 rings (SSSR count). The predicted octanol–water partition coefficient (Wildman–Crippen LogP) is 1.19. The molecule has 1 aromatic carbocycles. The molecule has 0 saturated heterocycles. The van der Waals surface area contributed by atoms with Gasteiger partial charge in [0, 0.05) is 19.2 Å². The Morgan fingerprint density at radius 2 is 2.05 bits per heavy atom. The van der Waals surface area contributed by atoms with E-state index < -0.39 is 16.7 Å². The van der Waals surface area contributed by atoms with Crippen molar-refractivity contribution in [1.82, 2.24) is 4.90 Å². The highest BCUT2D eigenvalue weighted by atomic mass is 19.1. The van der Waals surface area contributed by atoms with Crippen LogP contribution in [-0.4, -0.2) is 54.6 Å². The second kappa shape index (κ2) is 6.80. The SMILES string of the molecule is CN(C)CCN(CC(=O)O)c1ccc([N+](=O)[O-])cc1F. The zero-order valence-electron chi connectivity index (χ0n) is 11.2. The number of aliphatic carboxylic acids is 1. The molecule has 0 heterocycles. The van der Waals surface area contributed by atoms with Gasteiger partial charge < -0.3 is 14.9 Å². The van der Waals surface area contributed by atoms with Crippen molar-refractivity contribution in [2.45, 2.75) is 0 Å². The normalized spacial score (nSPS) is 10.6. The maximum atomic E-state index is 13.9. The van der Waals surface area contributed by atoms with Crippen molar-refractivity contribution >= 4 is 17.3 Å². The highest BCUT2D eigenvalue weighted by Crippen LogP contribution is 2.23. The fourth-order valence-corrected chi connectivity index (χ4v) is 1.63. The topological polar surface area (TPSA) is 86.9 Å². The first-order valence-corrected chi connectivity index (χ1v) is 5.86. The third-order valence-electron chi connectivity index (χ3n) is 2.63. The van der Waals surface area contributed by atoms with Crippen molar-refractivity contribution in [1.29, 1.82) is 0 Å². The largest absolute Gasteiger partial charge is 0.480 e. The molecule has 0 spiro atoms. The predicted molar refractivity (Wildman–Crippen MR) is 71.5 cm³/mol. The van der Waals surface area contributed by atoms with Crippen LogP contribution in [0.25, 0.3) is 0 Å². The molecule has 0 amide bonds. The number of non-ortho nitro benzene ring substituents is 1. The summed E-state index contributed by atoms with van der Waals surface area (Å²) in [6.07, 6.45) is 0. The molecule has 0 aromatic heterocycles. The van der Waals surface area contributed by atoms with Crippen LogP contribution in [-0.2, 0) is 4.79 Å². The van der Waals surface area contributed by atoms with Gasteiger partial charge in [0.05, 0.1) is 16.7 Å². The fraction of sp³-hybridized carbons (Fsp3) is 0.417. The molecule has 0 radical (unpaired) electrons. The first kappa shape index (κ1) is 15.8. The molecular weight excluding hydrogens is 269 g/mol. The molecule has 0 saturated carbocycles. The van der Waals surface area contributed by atoms with E-state index in [1.54, 1.807) is 0 Å². The van der Waals surface area contributed by atoms with Gasteiger partial charge in [0.15, 0.2) is 5.82 Å². The Morgan fingerprint density at radius 3 is 2.50 bits per heavy atom. The third kappa shape index (κ3) is 4.47. The van der Waals surface area contributed by atoms with E-state index in [0.717, 1.165) is 12.1 Å². The van der Waals surface area contributed by atoms with E-state index in [1.807, 2.05) is 19.0 Å². The molecular formula is C12H16FN3O4. The average molecular weight is 285 g/mol. The Balaban J connectivity index is 3.00. The van der Waals surface area contributed by atoms with E-state index in [4.69, 9.17) is 5.11 Å². The second-order valence-electron chi connectivity index (χ2n) is 4.51. The molecule has 110 valence electrons. The second-order valence-corrected chi connectivity index (χ2v) is 4.51. The van der Waals surface area contributed by atoms with Gasteiger partial charge in [-0.1, -0.05) is 0 Å². The molecule has 7 nitrogen and oxygen atoms in total. The number of nitrogens with zero attached hydrogens (tertiary/aromatic N) is 3. The standard InChI is InChI=1S/C12H16FN3O4/c1-14(2)5-6-15(8-12(17)18)11-4-3-9(16(19)20)7-10(11)13/h3-4,7H,5-6,8H2,1-2H3,(H,17,18). The summed E-state index contributed by atoms with van der Waals surface area (Å²) < 4.78 is 13.9. The van der Waals surface area contributed by atoms with Gasteiger partial charge in [-0.15, -0.1) is 0 Å². The molecule has 8 heteroatoms. The summed E-state index contributed by atoms with van der Waals surface area (Å²) in [4.78, 5) is 23.8. The first-order chi connectivity index (χ1) is 9.31. The van der Waals surface area contributed by atoms with Gasteiger partial charge in [-0.25, -0.2) is 4.39 Å². The zero-order valence-corrected chi connectivity index (χ0v) is 11.2. The van der Waals surface area contributed by atoms with Crippen molar-refractivity contribution in [3.63, 3.8) is 0 Å². The van der Waals surface area contributed by atoms with Crippen LogP contribution in [0.2, 0.25) is 0 Å². The number of rotatable bonds is 7. The molecule has 0 fully saturated rings. The van der Waals surface area contributed by atoms with Crippen LogP contribution in [0.1, 0.15) is 0 Å². The summed E-state index contributed by atoms with van der Waals surface area (Å²) in [6.45, 7) is 0.459. The number of likely N-dealkylation sites (N-methyl/N-ethyl adjacent to an activating group) is 1. The maximum Gasteiger partial charge on any atom is 0.323 e. The third-order valence-corrected chi connectivity index (χ3v) is 2.63. The summed E-state index contributed by atoms with van der Waals surface area (Å²) in [6, 6.07) is 3.18. The van der Waals surface area contributed by atoms with Crippen molar-refractivity contribution < 1.29 is 19.2 Å². The Morgan fingerprint density at radius 1 is 1.40 bits per heavy atom. The van der Waals surface area contributed by atoms with Gasteiger partial charge in [-0.05, 0) is 20.2 Å². The highest BCUT2D eigenvalue weighted by molar-refractivity contribution is 5.74. The van der Waals surface area contributed by atoms with Crippen LogP contribution < -0.4 is 4.90 Å². The van der Waals surface area contributed by atoms with Gasteiger partial charge in [0.1, 0.15) is 6.54 Å². The van der Waals surface area contributed by atoms with E-state index in [0.29, 0.717) is 13.1 Å². The maximum absolute atomic E-state index is 13.9. The summed E-state index contributed by atoms with van der Waals surface area (Å²) >= 11 is 0. The van der Waals surface area contributed by atoms with Crippen molar-refractivity contribution in [3.8, 4) is 0 Å². The molecule has 0 aliphatic heterocycles.